The Bertz CT molecular complexity index is 1260. The van der Waals surface area contributed by atoms with Crippen molar-refractivity contribution in [3.8, 4) is 17.0 Å². The zero-order valence-electron chi connectivity index (χ0n) is 16.0. The van der Waals surface area contributed by atoms with Gasteiger partial charge in [0.1, 0.15) is 23.2 Å². The zero-order valence-corrected chi connectivity index (χ0v) is 16.7. The first-order valence-electron chi connectivity index (χ1n) is 9.10. The molecule has 0 atom stereocenters. The highest BCUT2D eigenvalue weighted by Crippen LogP contribution is 2.30. The standard InChI is InChI=1S/C21H17ClN4O4/c1-29-14-8-6-13(7-9-14)24-17(27)10-11-26-12-23-20-18(21(26)28)19(25-30-20)15-4-2-3-5-16(15)22/h2-9,12H,10-11H2,1H3,(H,24,27). The molecule has 8 nitrogen and oxygen atoms in total. The zero-order chi connectivity index (χ0) is 21.1. The number of hydrogen-bond acceptors (Lipinski definition) is 6. The third kappa shape index (κ3) is 3.90. The van der Waals surface area contributed by atoms with Gasteiger partial charge in [0.05, 0.1) is 12.1 Å². The molecule has 0 fully saturated rings. The largest absolute Gasteiger partial charge is 0.497 e. The van der Waals surface area contributed by atoms with Crippen molar-refractivity contribution in [3.05, 3.63) is 70.2 Å². The number of benzene rings is 2. The van der Waals surface area contributed by atoms with Gasteiger partial charge in [0.2, 0.25) is 5.91 Å². The van der Waals surface area contributed by atoms with Crippen molar-refractivity contribution in [2.24, 2.45) is 0 Å². The molecule has 0 aliphatic heterocycles. The van der Waals surface area contributed by atoms with Gasteiger partial charge in [-0.15, -0.1) is 0 Å². The van der Waals surface area contributed by atoms with Gasteiger partial charge in [-0.25, -0.2) is 4.98 Å². The molecule has 0 saturated heterocycles. The fourth-order valence-corrected chi connectivity index (χ4v) is 3.22. The molecule has 0 aliphatic rings. The van der Waals surface area contributed by atoms with Gasteiger partial charge in [-0.05, 0) is 30.3 Å². The molecule has 0 saturated carbocycles. The number of carbonyl (C=O) groups excluding carboxylic acids is 1. The SMILES string of the molecule is COc1ccc(NC(=O)CCn2cnc3onc(-c4ccccc4Cl)c3c2=O)cc1. The summed E-state index contributed by atoms with van der Waals surface area (Å²) in [6.07, 6.45) is 1.43. The minimum Gasteiger partial charge on any atom is -0.497 e. The Balaban J connectivity index is 1.54. The molecule has 30 heavy (non-hydrogen) atoms. The van der Waals surface area contributed by atoms with Crippen LogP contribution in [0.4, 0.5) is 5.69 Å². The van der Waals surface area contributed by atoms with Crippen molar-refractivity contribution in [2.45, 2.75) is 13.0 Å². The van der Waals surface area contributed by atoms with E-state index in [4.69, 9.17) is 20.9 Å². The maximum absolute atomic E-state index is 13.0. The number of fused-ring (bicyclic) bond motifs is 1. The second-order valence-corrected chi connectivity index (χ2v) is 6.87. The summed E-state index contributed by atoms with van der Waals surface area (Å²) in [4.78, 5) is 29.4. The van der Waals surface area contributed by atoms with E-state index in [0.717, 1.165) is 0 Å². The van der Waals surface area contributed by atoms with Crippen molar-refractivity contribution in [3.63, 3.8) is 0 Å². The average molecular weight is 425 g/mol. The third-order valence-electron chi connectivity index (χ3n) is 4.55. The molecule has 0 unspecified atom stereocenters. The first-order chi connectivity index (χ1) is 14.6. The summed E-state index contributed by atoms with van der Waals surface area (Å²) >= 11 is 6.24. The Morgan fingerprint density at radius 2 is 1.97 bits per heavy atom. The van der Waals surface area contributed by atoms with Gasteiger partial charge in [-0.2, -0.15) is 0 Å². The first-order valence-corrected chi connectivity index (χ1v) is 9.48. The van der Waals surface area contributed by atoms with Crippen molar-refractivity contribution in [1.82, 2.24) is 14.7 Å². The maximum atomic E-state index is 13.0. The highest BCUT2D eigenvalue weighted by atomic mass is 35.5. The van der Waals surface area contributed by atoms with Gasteiger partial charge in [0.15, 0.2) is 0 Å². The van der Waals surface area contributed by atoms with E-state index in [1.165, 1.54) is 10.9 Å². The Morgan fingerprint density at radius 1 is 1.20 bits per heavy atom. The lowest BCUT2D eigenvalue weighted by Gasteiger charge is -2.08. The van der Waals surface area contributed by atoms with E-state index in [0.29, 0.717) is 27.7 Å². The number of aromatic nitrogens is 3. The summed E-state index contributed by atoms with van der Waals surface area (Å²) in [5.74, 6) is 0.464. The maximum Gasteiger partial charge on any atom is 0.266 e. The number of hydrogen-bond donors (Lipinski definition) is 1. The predicted molar refractivity (Wildman–Crippen MR) is 113 cm³/mol. The van der Waals surface area contributed by atoms with Gasteiger partial charge in [0.25, 0.3) is 11.3 Å². The molecule has 0 radical (unpaired) electrons. The molecular formula is C21H17ClN4O4. The van der Waals surface area contributed by atoms with Crippen LogP contribution in [0, 0.1) is 0 Å². The second kappa shape index (κ2) is 8.38. The smallest absolute Gasteiger partial charge is 0.266 e. The van der Waals surface area contributed by atoms with Crippen molar-refractivity contribution < 1.29 is 14.1 Å². The van der Waals surface area contributed by atoms with E-state index < -0.39 is 0 Å². The van der Waals surface area contributed by atoms with Crippen LogP contribution in [0.3, 0.4) is 0 Å². The van der Waals surface area contributed by atoms with Crippen LogP contribution < -0.4 is 15.6 Å². The quantitative estimate of drug-likeness (QED) is 0.506. The fourth-order valence-electron chi connectivity index (χ4n) is 3.00. The molecule has 152 valence electrons. The van der Waals surface area contributed by atoms with E-state index in [-0.39, 0.29) is 35.5 Å². The number of ether oxygens (including phenoxy) is 1. The number of aryl methyl sites for hydroxylation is 1. The minimum absolute atomic E-state index is 0.0891. The lowest BCUT2D eigenvalue weighted by molar-refractivity contribution is -0.116. The van der Waals surface area contributed by atoms with Crippen LogP contribution >= 0.6 is 11.6 Å². The van der Waals surface area contributed by atoms with Crippen LogP contribution in [0.15, 0.2) is 64.2 Å². The van der Waals surface area contributed by atoms with Crippen molar-refractivity contribution in [2.75, 3.05) is 12.4 Å². The highest BCUT2D eigenvalue weighted by Gasteiger charge is 2.19. The normalized spacial score (nSPS) is 10.9. The number of amides is 1. The van der Waals surface area contributed by atoms with E-state index in [1.807, 2.05) is 0 Å². The molecule has 2 heterocycles. The van der Waals surface area contributed by atoms with Crippen LogP contribution in [0.2, 0.25) is 5.02 Å². The van der Waals surface area contributed by atoms with E-state index in [2.05, 4.69) is 15.5 Å². The Morgan fingerprint density at radius 3 is 2.70 bits per heavy atom. The second-order valence-electron chi connectivity index (χ2n) is 6.46. The van der Waals surface area contributed by atoms with Crippen molar-refractivity contribution in [1.29, 1.82) is 0 Å². The van der Waals surface area contributed by atoms with Gasteiger partial charge < -0.3 is 14.6 Å². The number of nitrogens with zero attached hydrogens (tertiary/aromatic N) is 3. The summed E-state index contributed by atoms with van der Waals surface area (Å²) in [5.41, 5.74) is 1.31. The average Bonchev–Trinajstić information content (AvgIpc) is 3.19. The molecular weight excluding hydrogens is 408 g/mol. The molecule has 4 rings (SSSR count). The monoisotopic (exact) mass is 424 g/mol. The number of methoxy groups -OCH3 is 1. The lowest BCUT2D eigenvalue weighted by Crippen LogP contribution is -2.23. The molecule has 1 N–H and O–H groups in total. The molecule has 1 amide bonds. The van der Waals surface area contributed by atoms with Crippen LogP contribution in [0.25, 0.3) is 22.4 Å². The number of anilines is 1. The number of rotatable bonds is 6. The fraction of sp³-hybridized carbons (Fsp3) is 0.143. The molecule has 0 bridgehead atoms. The van der Waals surface area contributed by atoms with Gasteiger partial charge in [0, 0.05) is 24.2 Å². The molecule has 0 aliphatic carbocycles. The summed E-state index contributed by atoms with van der Waals surface area (Å²) in [7, 11) is 1.57. The number of halogens is 1. The molecule has 9 heteroatoms. The van der Waals surface area contributed by atoms with Gasteiger partial charge >= 0.3 is 0 Å². The topological polar surface area (TPSA) is 99.2 Å². The van der Waals surface area contributed by atoms with Crippen LogP contribution in [-0.2, 0) is 11.3 Å². The molecule has 4 aromatic rings. The van der Waals surface area contributed by atoms with Gasteiger partial charge in [-0.1, -0.05) is 35.0 Å². The highest BCUT2D eigenvalue weighted by molar-refractivity contribution is 6.33. The molecule has 2 aromatic carbocycles. The Labute approximate surface area is 176 Å². The predicted octanol–water partition coefficient (Wildman–Crippen LogP) is 3.74. The number of carbonyl (C=O) groups is 1. The molecule has 0 spiro atoms. The van der Waals surface area contributed by atoms with Crippen LogP contribution in [0.1, 0.15) is 6.42 Å². The van der Waals surface area contributed by atoms with E-state index >= 15 is 0 Å². The van der Waals surface area contributed by atoms with E-state index in [1.54, 1.807) is 55.6 Å². The molecule has 2 aromatic heterocycles. The summed E-state index contributed by atoms with van der Waals surface area (Å²) in [6.45, 7) is 0.150. The van der Waals surface area contributed by atoms with Crippen LogP contribution in [-0.4, -0.2) is 27.7 Å². The lowest BCUT2D eigenvalue weighted by atomic mass is 10.1. The number of nitrogens with one attached hydrogen (secondary N) is 1. The Kier molecular flexibility index (Phi) is 5.49. The van der Waals surface area contributed by atoms with Crippen molar-refractivity contribution >= 4 is 34.3 Å². The van der Waals surface area contributed by atoms with Gasteiger partial charge in [-0.3, -0.25) is 14.2 Å². The summed E-state index contributed by atoms with van der Waals surface area (Å²) in [5, 5.41) is 7.42. The summed E-state index contributed by atoms with van der Waals surface area (Å²) < 4.78 is 11.6. The van der Waals surface area contributed by atoms with E-state index in [9.17, 15) is 9.59 Å². The third-order valence-corrected chi connectivity index (χ3v) is 4.88. The minimum atomic E-state index is -0.353. The first kappa shape index (κ1) is 19.7. The summed E-state index contributed by atoms with van der Waals surface area (Å²) in [6, 6.07) is 14.0. The van der Waals surface area contributed by atoms with Crippen LogP contribution in [0.5, 0.6) is 5.75 Å². The Hall–Kier alpha value is -3.65.